The van der Waals surface area contributed by atoms with Crippen LogP contribution in [-0.2, 0) is 0 Å². The Hall–Kier alpha value is -1.56. The summed E-state index contributed by atoms with van der Waals surface area (Å²) in [6.45, 7) is 4.90. The van der Waals surface area contributed by atoms with Gasteiger partial charge < -0.3 is 19.7 Å². The Balaban J connectivity index is 2.08. The molecule has 0 unspecified atom stereocenters. The first-order valence-corrected chi connectivity index (χ1v) is 6.72. The van der Waals surface area contributed by atoms with Crippen molar-refractivity contribution in [2.75, 3.05) is 39.1 Å². The molecule has 1 N–H and O–H groups in total. The normalized spacial score (nSPS) is 17.2. The van der Waals surface area contributed by atoms with Crippen molar-refractivity contribution in [3.05, 3.63) is 6.33 Å². The van der Waals surface area contributed by atoms with E-state index in [2.05, 4.69) is 27.2 Å². The van der Waals surface area contributed by atoms with E-state index in [9.17, 15) is 0 Å². The van der Waals surface area contributed by atoms with Gasteiger partial charge in [0.05, 0.1) is 7.11 Å². The fourth-order valence-electron chi connectivity index (χ4n) is 2.18. The molecule has 2 rings (SSSR count). The van der Waals surface area contributed by atoms with Gasteiger partial charge in [-0.05, 0) is 26.8 Å². The van der Waals surface area contributed by atoms with E-state index in [1.54, 1.807) is 7.11 Å². The molecule has 19 heavy (non-hydrogen) atoms. The van der Waals surface area contributed by atoms with Gasteiger partial charge in [-0.2, -0.15) is 4.98 Å². The maximum atomic E-state index is 5.97. The Morgan fingerprint density at radius 3 is 2.74 bits per heavy atom. The average molecular weight is 266 g/mol. The predicted octanol–water partition coefficient (Wildman–Crippen LogP) is 1.39. The molecule has 1 aliphatic heterocycles. The van der Waals surface area contributed by atoms with Crippen LogP contribution in [0.4, 0.5) is 5.82 Å². The van der Waals surface area contributed by atoms with Crippen LogP contribution in [0.15, 0.2) is 6.33 Å². The molecular weight excluding hydrogens is 244 g/mol. The molecule has 0 spiro atoms. The Bertz CT molecular complexity index is 406. The predicted molar refractivity (Wildman–Crippen MR) is 73.9 cm³/mol. The zero-order valence-corrected chi connectivity index (χ0v) is 11.8. The van der Waals surface area contributed by atoms with Crippen molar-refractivity contribution >= 4 is 5.82 Å². The molecule has 1 aromatic rings. The lowest BCUT2D eigenvalue weighted by molar-refractivity contribution is 0.106. The van der Waals surface area contributed by atoms with Crippen LogP contribution >= 0.6 is 0 Å². The molecule has 0 aromatic carbocycles. The molecule has 6 nitrogen and oxygen atoms in total. The monoisotopic (exact) mass is 266 g/mol. The van der Waals surface area contributed by atoms with E-state index in [0.717, 1.165) is 32.5 Å². The summed E-state index contributed by atoms with van der Waals surface area (Å²) in [4.78, 5) is 10.7. The van der Waals surface area contributed by atoms with Crippen molar-refractivity contribution in [3.8, 4) is 11.6 Å². The van der Waals surface area contributed by atoms with Gasteiger partial charge in [0, 0.05) is 19.6 Å². The molecule has 0 aliphatic carbocycles. The smallest absolute Gasteiger partial charge is 0.262 e. The Morgan fingerprint density at radius 2 is 2.11 bits per heavy atom. The Kier molecular flexibility index (Phi) is 4.79. The molecule has 2 heterocycles. The first-order chi connectivity index (χ1) is 9.24. The third kappa shape index (κ3) is 3.47. The van der Waals surface area contributed by atoms with Crippen LogP contribution in [0.1, 0.15) is 19.8 Å². The van der Waals surface area contributed by atoms with Crippen LogP contribution in [0, 0.1) is 0 Å². The van der Waals surface area contributed by atoms with Gasteiger partial charge in [-0.1, -0.05) is 0 Å². The van der Waals surface area contributed by atoms with E-state index in [4.69, 9.17) is 9.47 Å². The minimum absolute atomic E-state index is 0.203. The maximum Gasteiger partial charge on any atom is 0.262 e. The van der Waals surface area contributed by atoms with Crippen molar-refractivity contribution in [2.24, 2.45) is 0 Å². The van der Waals surface area contributed by atoms with Crippen molar-refractivity contribution in [3.63, 3.8) is 0 Å². The summed E-state index contributed by atoms with van der Waals surface area (Å²) < 4.78 is 11.3. The lowest BCUT2D eigenvalue weighted by Gasteiger charge is -2.29. The van der Waals surface area contributed by atoms with Crippen molar-refractivity contribution in [1.82, 2.24) is 14.9 Å². The lowest BCUT2D eigenvalue weighted by atomic mass is 10.1. The van der Waals surface area contributed by atoms with E-state index in [1.807, 2.05) is 6.92 Å². The number of hydrogen-bond donors (Lipinski definition) is 1. The number of methoxy groups -OCH3 is 1. The average Bonchev–Trinajstić information content (AvgIpc) is 2.42. The number of aromatic nitrogens is 2. The highest BCUT2D eigenvalue weighted by Gasteiger charge is 2.21. The summed E-state index contributed by atoms with van der Waals surface area (Å²) in [7, 11) is 3.74. The molecule has 1 fully saturated rings. The van der Waals surface area contributed by atoms with Crippen LogP contribution in [0.25, 0.3) is 0 Å². The summed E-state index contributed by atoms with van der Waals surface area (Å²) in [5.41, 5.74) is 0. The van der Waals surface area contributed by atoms with Crippen molar-refractivity contribution in [1.29, 1.82) is 0 Å². The highest BCUT2D eigenvalue weighted by atomic mass is 16.5. The molecule has 0 saturated carbocycles. The number of anilines is 1. The van der Waals surface area contributed by atoms with E-state index in [1.165, 1.54) is 6.33 Å². The number of hydrogen-bond acceptors (Lipinski definition) is 6. The second kappa shape index (κ2) is 6.56. The zero-order valence-electron chi connectivity index (χ0n) is 11.8. The molecule has 1 saturated heterocycles. The largest absolute Gasteiger partial charge is 0.489 e. The lowest BCUT2D eigenvalue weighted by Crippen LogP contribution is -2.35. The zero-order chi connectivity index (χ0) is 13.7. The van der Waals surface area contributed by atoms with Crippen molar-refractivity contribution in [2.45, 2.75) is 25.9 Å². The summed E-state index contributed by atoms with van der Waals surface area (Å²) in [6.07, 6.45) is 3.74. The number of piperidine rings is 1. The molecular formula is C13H22N4O2. The molecule has 106 valence electrons. The second-order valence-electron chi connectivity index (χ2n) is 4.71. The third-order valence-electron chi connectivity index (χ3n) is 3.26. The van der Waals surface area contributed by atoms with Gasteiger partial charge in [0.2, 0.25) is 5.75 Å². The molecule has 0 bridgehead atoms. The van der Waals surface area contributed by atoms with E-state index >= 15 is 0 Å². The van der Waals surface area contributed by atoms with Gasteiger partial charge in [0.25, 0.3) is 5.88 Å². The number of nitrogens with one attached hydrogen (secondary N) is 1. The first-order valence-electron chi connectivity index (χ1n) is 6.72. The number of nitrogens with zero attached hydrogens (tertiary/aromatic N) is 3. The van der Waals surface area contributed by atoms with Gasteiger partial charge >= 0.3 is 0 Å². The minimum Gasteiger partial charge on any atom is -0.489 e. The quantitative estimate of drug-likeness (QED) is 0.869. The summed E-state index contributed by atoms with van der Waals surface area (Å²) in [6, 6.07) is 0. The number of rotatable bonds is 5. The van der Waals surface area contributed by atoms with Crippen LogP contribution in [0.3, 0.4) is 0 Å². The Labute approximate surface area is 114 Å². The molecule has 0 atom stereocenters. The second-order valence-corrected chi connectivity index (χ2v) is 4.71. The summed E-state index contributed by atoms with van der Waals surface area (Å²) in [5.74, 6) is 1.80. The van der Waals surface area contributed by atoms with Crippen LogP contribution in [-0.4, -0.2) is 54.8 Å². The number of ether oxygens (including phenoxy) is 2. The van der Waals surface area contributed by atoms with E-state index in [0.29, 0.717) is 17.4 Å². The topological polar surface area (TPSA) is 59.5 Å². The maximum absolute atomic E-state index is 5.97. The van der Waals surface area contributed by atoms with Crippen LogP contribution in [0.2, 0.25) is 0 Å². The fraction of sp³-hybridized carbons (Fsp3) is 0.692. The molecule has 1 aliphatic rings. The molecule has 0 amide bonds. The summed E-state index contributed by atoms with van der Waals surface area (Å²) in [5, 5.41) is 3.15. The van der Waals surface area contributed by atoms with Gasteiger partial charge in [-0.25, -0.2) is 4.98 Å². The van der Waals surface area contributed by atoms with Crippen LogP contribution in [0.5, 0.6) is 11.6 Å². The third-order valence-corrected chi connectivity index (χ3v) is 3.26. The summed E-state index contributed by atoms with van der Waals surface area (Å²) >= 11 is 0. The van der Waals surface area contributed by atoms with Crippen molar-refractivity contribution < 1.29 is 9.47 Å². The first kappa shape index (κ1) is 13.9. The minimum atomic E-state index is 0.203. The highest BCUT2D eigenvalue weighted by molar-refractivity contribution is 5.54. The Morgan fingerprint density at radius 1 is 1.37 bits per heavy atom. The van der Waals surface area contributed by atoms with E-state index in [-0.39, 0.29) is 6.10 Å². The highest BCUT2D eigenvalue weighted by Crippen LogP contribution is 2.32. The molecule has 0 radical (unpaired) electrons. The molecule has 6 heteroatoms. The van der Waals surface area contributed by atoms with Gasteiger partial charge in [-0.15, -0.1) is 0 Å². The van der Waals surface area contributed by atoms with E-state index < -0.39 is 0 Å². The van der Waals surface area contributed by atoms with Crippen LogP contribution < -0.4 is 14.8 Å². The fourth-order valence-corrected chi connectivity index (χ4v) is 2.18. The molecule has 1 aromatic heterocycles. The van der Waals surface area contributed by atoms with Gasteiger partial charge in [-0.3, -0.25) is 0 Å². The SMILES string of the molecule is CCNc1ncnc(OC2CCN(C)CC2)c1OC. The van der Waals surface area contributed by atoms with Gasteiger partial charge in [0.15, 0.2) is 5.82 Å². The number of likely N-dealkylation sites (tertiary alicyclic amines) is 1. The standard InChI is InChI=1S/C13H22N4O2/c1-4-14-12-11(18-3)13(16-9-15-12)19-10-5-7-17(2)8-6-10/h9-10H,4-8H2,1-3H3,(H,14,15,16). The van der Waals surface area contributed by atoms with Gasteiger partial charge in [0.1, 0.15) is 12.4 Å².